The summed E-state index contributed by atoms with van der Waals surface area (Å²) >= 11 is 0. The number of carbonyl (C=O) groups is 4. The van der Waals surface area contributed by atoms with Gasteiger partial charge in [-0.05, 0) is 67.5 Å². The number of amides is 2. The molecule has 16 heteroatoms. The third kappa shape index (κ3) is 12.3. The molecule has 4 aromatic rings. The van der Waals surface area contributed by atoms with Crippen molar-refractivity contribution in [3.63, 3.8) is 0 Å². The standard InChI is InChI=1S/C45H56FN7O8/c1-4-51-26-34(43(56)57)42(55)33-23-35(46)39(24-38(33)51)52-18-20-53(21-19-52)45(59)61-28-32-15-13-30(14-16-32)22-40(54)37(12-8-9-17-47)49-25-36(48)41(29(2)3)50-44(58)60-27-31-10-6-5-7-11-31/h5-7,10-11,13-16,23-26,29,37,41,49H,4,8-9,12,17-22,27-28,47-48H2,1-3H3,(H,50,58)(H,56,57)/b36-25-/t37-,41-/m0/s1. The first-order valence-corrected chi connectivity index (χ1v) is 20.6. The lowest BCUT2D eigenvalue weighted by molar-refractivity contribution is -0.120. The number of aromatic nitrogens is 1. The number of carboxylic acids is 1. The second-order valence-corrected chi connectivity index (χ2v) is 15.3. The minimum Gasteiger partial charge on any atom is -0.477 e. The molecule has 0 aliphatic carbocycles. The summed E-state index contributed by atoms with van der Waals surface area (Å²) in [6.45, 7) is 7.82. The molecule has 0 bridgehead atoms. The number of nitrogens with one attached hydrogen (secondary N) is 2. The Kier molecular flexibility index (Phi) is 16.3. The number of carboxylic acid groups (broad SMARTS) is 1. The number of pyridine rings is 1. The Labute approximate surface area is 354 Å². The number of carbonyl (C=O) groups excluding carboxylic acids is 3. The van der Waals surface area contributed by atoms with Gasteiger partial charge in [-0.25, -0.2) is 18.8 Å². The monoisotopic (exact) mass is 841 g/mol. The number of rotatable bonds is 19. The van der Waals surface area contributed by atoms with E-state index in [0.29, 0.717) is 43.8 Å². The van der Waals surface area contributed by atoms with Crippen LogP contribution in [0.2, 0.25) is 0 Å². The first kappa shape index (κ1) is 45.7. The van der Waals surface area contributed by atoms with Crippen LogP contribution >= 0.6 is 0 Å². The number of nitrogens with two attached hydrogens (primary N) is 2. The van der Waals surface area contributed by atoms with Crippen LogP contribution in [-0.4, -0.2) is 83.3 Å². The fourth-order valence-corrected chi connectivity index (χ4v) is 7.14. The summed E-state index contributed by atoms with van der Waals surface area (Å²) in [5, 5.41) is 15.4. The van der Waals surface area contributed by atoms with Crippen molar-refractivity contribution in [2.24, 2.45) is 17.4 Å². The number of benzene rings is 3. The van der Waals surface area contributed by atoms with Gasteiger partial charge in [0.25, 0.3) is 0 Å². The maximum Gasteiger partial charge on any atom is 0.410 e. The molecule has 1 aromatic heterocycles. The smallest absolute Gasteiger partial charge is 0.410 e. The maximum absolute atomic E-state index is 15.3. The van der Waals surface area contributed by atoms with Crippen LogP contribution in [0.25, 0.3) is 10.9 Å². The lowest BCUT2D eigenvalue weighted by atomic mass is 9.98. The molecule has 2 heterocycles. The van der Waals surface area contributed by atoms with Gasteiger partial charge in [-0.3, -0.25) is 9.59 Å². The van der Waals surface area contributed by atoms with E-state index in [9.17, 15) is 29.1 Å². The zero-order valence-electron chi connectivity index (χ0n) is 34.9. The van der Waals surface area contributed by atoms with E-state index < -0.39 is 47.0 Å². The molecular weight excluding hydrogens is 786 g/mol. The number of Topliss-reactive ketones (excluding diaryl/α,β-unsaturated/α-hetero) is 1. The highest BCUT2D eigenvalue weighted by Crippen LogP contribution is 2.27. The number of ether oxygens (including phenoxy) is 2. The number of hydrogen-bond donors (Lipinski definition) is 5. The largest absolute Gasteiger partial charge is 0.477 e. The molecule has 15 nitrogen and oxygen atoms in total. The zero-order chi connectivity index (χ0) is 44.1. The van der Waals surface area contributed by atoms with Gasteiger partial charge in [0.2, 0.25) is 5.43 Å². The van der Waals surface area contributed by atoms with Crippen LogP contribution in [0.15, 0.2) is 89.6 Å². The lowest BCUT2D eigenvalue weighted by Crippen LogP contribution is -2.49. The summed E-state index contributed by atoms with van der Waals surface area (Å²) in [7, 11) is 0. The number of halogens is 1. The average molecular weight is 842 g/mol. The van der Waals surface area contributed by atoms with Gasteiger partial charge < -0.3 is 51.0 Å². The van der Waals surface area contributed by atoms with Crippen molar-refractivity contribution in [1.82, 2.24) is 20.1 Å². The molecule has 1 saturated heterocycles. The number of ketones is 1. The molecule has 326 valence electrons. The Bertz CT molecular complexity index is 2240. The summed E-state index contributed by atoms with van der Waals surface area (Å²) in [4.78, 5) is 66.8. The molecule has 2 amide bonds. The van der Waals surface area contributed by atoms with Crippen LogP contribution in [0.3, 0.4) is 0 Å². The molecule has 1 aliphatic heterocycles. The minimum atomic E-state index is -1.37. The van der Waals surface area contributed by atoms with Gasteiger partial charge >= 0.3 is 18.2 Å². The summed E-state index contributed by atoms with van der Waals surface area (Å²) < 4.78 is 27.9. The number of nitrogens with zero attached hydrogens (tertiary/aromatic N) is 3. The number of aromatic carboxylic acids is 1. The van der Waals surface area contributed by atoms with E-state index >= 15 is 4.39 Å². The number of piperazine rings is 1. The summed E-state index contributed by atoms with van der Waals surface area (Å²) in [5.74, 6) is -2.14. The van der Waals surface area contributed by atoms with Crippen LogP contribution in [0, 0.1) is 11.7 Å². The number of fused-ring (bicyclic) bond motifs is 1. The number of unbranched alkanes of at least 4 members (excludes halogenated alkanes) is 1. The van der Waals surface area contributed by atoms with Gasteiger partial charge in [-0.15, -0.1) is 0 Å². The predicted molar refractivity (Wildman–Crippen MR) is 230 cm³/mol. The fourth-order valence-electron chi connectivity index (χ4n) is 7.14. The van der Waals surface area contributed by atoms with Crippen molar-refractivity contribution < 1.29 is 38.1 Å². The van der Waals surface area contributed by atoms with Gasteiger partial charge in [0.15, 0.2) is 5.78 Å². The van der Waals surface area contributed by atoms with Gasteiger partial charge in [0.05, 0.1) is 23.3 Å². The Balaban J connectivity index is 1.12. The molecule has 0 radical (unpaired) electrons. The number of hydrogen-bond acceptors (Lipinski definition) is 11. The van der Waals surface area contributed by atoms with E-state index in [1.54, 1.807) is 45.7 Å². The van der Waals surface area contributed by atoms with E-state index in [1.807, 2.05) is 56.3 Å². The molecule has 61 heavy (non-hydrogen) atoms. The van der Waals surface area contributed by atoms with Crippen LogP contribution < -0.4 is 32.4 Å². The fraction of sp³-hybridized carbons (Fsp3) is 0.400. The lowest BCUT2D eigenvalue weighted by Gasteiger charge is -2.35. The molecule has 1 fully saturated rings. The molecule has 1 aliphatic rings. The number of anilines is 1. The minimum absolute atomic E-state index is 0.00990. The van der Waals surface area contributed by atoms with Crippen molar-refractivity contribution in [2.45, 2.75) is 78.3 Å². The molecule has 3 aromatic carbocycles. The summed E-state index contributed by atoms with van der Waals surface area (Å²) in [5.41, 5.74) is 14.4. The second-order valence-electron chi connectivity index (χ2n) is 15.3. The second kappa shape index (κ2) is 21.7. The summed E-state index contributed by atoms with van der Waals surface area (Å²) in [6.07, 6.45) is 3.89. The van der Waals surface area contributed by atoms with Crippen LogP contribution in [-0.2, 0) is 40.4 Å². The highest BCUT2D eigenvalue weighted by molar-refractivity contribution is 5.93. The van der Waals surface area contributed by atoms with Crippen LogP contribution in [0.1, 0.15) is 67.1 Å². The van der Waals surface area contributed by atoms with E-state index in [1.165, 1.54) is 6.20 Å². The van der Waals surface area contributed by atoms with Gasteiger partial charge in [0.1, 0.15) is 24.6 Å². The normalized spacial score (nSPS) is 14.1. The van der Waals surface area contributed by atoms with E-state index in [0.717, 1.165) is 35.6 Å². The highest BCUT2D eigenvalue weighted by Gasteiger charge is 2.26. The van der Waals surface area contributed by atoms with Crippen LogP contribution in [0.5, 0.6) is 0 Å². The molecule has 0 unspecified atom stereocenters. The van der Waals surface area contributed by atoms with Crippen molar-refractivity contribution >= 4 is 40.5 Å². The van der Waals surface area contributed by atoms with Crippen LogP contribution in [0.4, 0.5) is 19.7 Å². The molecule has 5 rings (SSSR count). The first-order valence-electron chi connectivity index (χ1n) is 20.6. The molecule has 0 spiro atoms. The van der Waals surface area contributed by atoms with Gasteiger partial charge in [-0.1, -0.05) is 68.4 Å². The van der Waals surface area contributed by atoms with Crippen molar-refractivity contribution in [1.29, 1.82) is 0 Å². The quantitative estimate of drug-likeness (QED) is 0.0765. The van der Waals surface area contributed by atoms with E-state index in [-0.39, 0.29) is 55.5 Å². The molecular formula is C45H56FN7O8. The van der Waals surface area contributed by atoms with Gasteiger partial charge in [0, 0.05) is 62.6 Å². The SMILES string of the molecule is CCn1cc(C(=O)O)c(=O)c2cc(F)c(N3CCN(C(=O)OCc4ccc(CC(=O)[C@H](CCCCN)N/C=C(\N)[C@@H](NC(=O)OCc5ccccc5)C(C)C)cc4)CC3)cc21. The topological polar surface area (TPSA) is 212 Å². The third-order valence-electron chi connectivity index (χ3n) is 10.7. The Hall–Kier alpha value is -6.42. The van der Waals surface area contributed by atoms with E-state index in [4.69, 9.17) is 20.9 Å². The van der Waals surface area contributed by atoms with Crippen molar-refractivity contribution in [2.75, 3.05) is 37.6 Å². The van der Waals surface area contributed by atoms with E-state index in [2.05, 4.69) is 10.6 Å². The molecule has 7 N–H and O–H groups in total. The first-order chi connectivity index (χ1) is 29.3. The Morgan fingerprint density at radius 1 is 0.918 bits per heavy atom. The third-order valence-corrected chi connectivity index (χ3v) is 10.7. The average Bonchev–Trinajstić information content (AvgIpc) is 3.25. The molecule has 2 atom stereocenters. The zero-order valence-corrected chi connectivity index (χ0v) is 34.9. The number of aryl methyl sites for hydroxylation is 1. The Morgan fingerprint density at radius 2 is 1.57 bits per heavy atom. The highest BCUT2D eigenvalue weighted by atomic mass is 19.1. The van der Waals surface area contributed by atoms with Crippen molar-refractivity contribution in [3.05, 3.63) is 123 Å². The predicted octanol–water partition coefficient (Wildman–Crippen LogP) is 5.27. The Morgan fingerprint density at radius 3 is 2.21 bits per heavy atom. The summed E-state index contributed by atoms with van der Waals surface area (Å²) in [6, 6.07) is 18.1. The number of alkyl carbamates (subject to hydrolysis) is 1. The molecule has 0 saturated carbocycles. The maximum atomic E-state index is 15.3. The van der Waals surface area contributed by atoms with Crippen molar-refractivity contribution in [3.8, 4) is 0 Å². The van der Waals surface area contributed by atoms with Gasteiger partial charge in [-0.2, -0.15) is 0 Å².